The van der Waals surface area contributed by atoms with Gasteiger partial charge in [0, 0.05) is 39.3 Å². The first-order chi connectivity index (χ1) is 11.8. The van der Waals surface area contributed by atoms with Crippen molar-refractivity contribution in [3.8, 4) is 11.5 Å². The summed E-state index contributed by atoms with van der Waals surface area (Å²) in [5.41, 5.74) is 4.06. The minimum Gasteiger partial charge on any atom is -0.454 e. The third-order valence-electron chi connectivity index (χ3n) is 4.80. The number of benzene rings is 2. The Hall–Kier alpha value is -2.04. The van der Waals surface area contributed by atoms with Gasteiger partial charge < -0.3 is 9.47 Å². The lowest BCUT2D eigenvalue weighted by Crippen LogP contribution is -2.45. The third kappa shape index (κ3) is 3.55. The Labute approximate surface area is 143 Å². The number of nitrogens with zero attached hydrogens (tertiary/aromatic N) is 2. The number of hydrogen-bond acceptors (Lipinski definition) is 4. The molecule has 0 spiro atoms. The van der Waals surface area contributed by atoms with Crippen molar-refractivity contribution in [3.05, 3.63) is 59.2 Å². The molecule has 0 radical (unpaired) electrons. The van der Waals surface area contributed by atoms with E-state index in [1.165, 1.54) is 16.7 Å². The average Bonchev–Trinajstić information content (AvgIpc) is 3.04. The van der Waals surface area contributed by atoms with Crippen molar-refractivity contribution in [2.45, 2.75) is 20.0 Å². The van der Waals surface area contributed by atoms with Gasteiger partial charge in [0.2, 0.25) is 6.79 Å². The lowest BCUT2D eigenvalue weighted by atomic mass is 10.1. The molecule has 1 fully saturated rings. The molecule has 0 unspecified atom stereocenters. The highest BCUT2D eigenvalue weighted by atomic mass is 16.7. The fourth-order valence-corrected chi connectivity index (χ4v) is 3.47. The molecule has 2 aromatic rings. The van der Waals surface area contributed by atoms with Gasteiger partial charge in [-0.25, -0.2) is 0 Å². The standard InChI is InChI=1S/C20H24N2O2/c1-16-3-2-4-17(11-16)13-21-7-9-22(10-8-21)14-18-5-6-19-20(12-18)24-15-23-19/h2-6,11-12H,7-10,13-15H2,1H3. The minimum absolute atomic E-state index is 0.344. The smallest absolute Gasteiger partial charge is 0.231 e. The second-order valence-electron chi connectivity index (χ2n) is 6.73. The first-order valence-corrected chi connectivity index (χ1v) is 8.65. The molecule has 24 heavy (non-hydrogen) atoms. The number of rotatable bonds is 4. The zero-order chi connectivity index (χ0) is 16.4. The van der Waals surface area contributed by atoms with Gasteiger partial charge in [-0.15, -0.1) is 0 Å². The fraction of sp³-hybridized carbons (Fsp3) is 0.400. The number of fused-ring (bicyclic) bond motifs is 1. The van der Waals surface area contributed by atoms with Crippen LogP contribution in [0.25, 0.3) is 0 Å². The normalized spacial score (nSPS) is 18.0. The van der Waals surface area contributed by atoms with E-state index in [2.05, 4.69) is 53.1 Å². The molecule has 0 atom stereocenters. The van der Waals surface area contributed by atoms with Gasteiger partial charge in [0.15, 0.2) is 11.5 Å². The molecule has 0 N–H and O–H groups in total. The van der Waals surface area contributed by atoms with E-state index in [0.29, 0.717) is 6.79 Å². The topological polar surface area (TPSA) is 24.9 Å². The van der Waals surface area contributed by atoms with E-state index in [9.17, 15) is 0 Å². The molecule has 0 saturated carbocycles. The number of aryl methyl sites for hydroxylation is 1. The molecule has 4 nitrogen and oxygen atoms in total. The number of ether oxygens (including phenoxy) is 2. The first kappa shape index (κ1) is 15.5. The van der Waals surface area contributed by atoms with E-state index in [0.717, 1.165) is 50.8 Å². The molecular weight excluding hydrogens is 300 g/mol. The fourth-order valence-electron chi connectivity index (χ4n) is 3.47. The lowest BCUT2D eigenvalue weighted by molar-refractivity contribution is 0.122. The highest BCUT2D eigenvalue weighted by molar-refractivity contribution is 5.44. The van der Waals surface area contributed by atoms with Crippen LogP contribution in [0.1, 0.15) is 16.7 Å². The van der Waals surface area contributed by atoms with Gasteiger partial charge in [-0.2, -0.15) is 0 Å². The molecule has 2 heterocycles. The Morgan fingerprint density at radius 1 is 0.792 bits per heavy atom. The molecule has 2 aliphatic heterocycles. The summed E-state index contributed by atoms with van der Waals surface area (Å²) < 4.78 is 10.9. The Morgan fingerprint density at radius 2 is 1.46 bits per heavy atom. The molecule has 1 saturated heterocycles. The summed E-state index contributed by atoms with van der Waals surface area (Å²) >= 11 is 0. The van der Waals surface area contributed by atoms with Gasteiger partial charge in [-0.3, -0.25) is 9.80 Å². The van der Waals surface area contributed by atoms with Crippen molar-refractivity contribution in [2.24, 2.45) is 0 Å². The quantitative estimate of drug-likeness (QED) is 0.863. The van der Waals surface area contributed by atoms with Gasteiger partial charge in [0.1, 0.15) is 0 Å². The van der Waals surface area contributed by atoms with Crippen LogP contribution in [0.5, 0.6) is 11.5 Å². The highest BCUT2D eigenvalue weighted by Gasteiger charge is 2.19. The van der Waals surface area contributed by atoms with Crippen molar-refractivity contribution >= 4 is 0 Å². The monoisotopic (exact) mass is 324 g/mol. The van der Waals surface area contributed by atoms with Crippen LogP contribution in [0.2, 0.25) is 0 Å². The number of piperazine rings is 1. The van der Waals surface area contributed by atoms with Crippen molar-refractivity contribution in [3.63, 3.8) is 0 Å². The van der Waals surface area contributed by atoms with Gasteiger partial charge >= 0.3 is 0 Å². The molecule has 0 bridgehead atoms. The highest BCUT2D eigenvalue weighted by Crippen LogP contribution is 2.32. The molecule has 0 amide bonds. The van der Waals surface area contributed by atoms with E-state index in [1.54, 1.807) is 0 Å². The maximum absolute atomic E-state index is 5.47. The van der Waals surface area contributed by atoms with E-state index < -0.39 is 0 Å². The summed E-state index contributed by atoms with van der Waals surface area (Å²) in [5.74, 6) is 1.74. The van der Waals surface area contributed by atoms with E-state index in [1.807, 2.05) is 6.07 Å². The van der Waals surface area contributed by atoms with E-state index in [4.69, 9.17) is 9.47 Å². The summed E-state index contributed by atoms with van der Waals surface area (Å²) in [7, 11) is 0. The summed E-state index contributed by atoms with van der Waals surface area (Å²) in [6.45, 7) is 9.01. The predicted octanol–water partition coefficient (Wildman–Crippen LogP) is 3.04. The lowest BCUT2D eigenvalue weighted by Gasteiger charge is -2.34. The van der Waals surface area contributed by atoms with Crippen LogP contribution >= 0.6 is 0 Å². The molecule has 2 aliphatic rings. The SMILES string of the molecule is Cc1cccc(CN2CCN(Cc3ccc4c(c3)OCO4)CC2)c1. The molecule has 4 heteroatoms. The molecule has 4 rings (SSSR count). The van der Waals surface area contributed by atoms with Gasteiger partial charge in [-0.05, 0) is 30.2 Å². The summed E-state index contributed by atoms with van der Waals surface area (Å²) in [6.07, 6.45) is 0. The summed E-state index contributed by atoms with van der Waals surface area (Å²) in [6, 6.07) is 15.1. The Kier molecular flexibility index (Phi) is 4.41. The van der Waals surface area contributed by atoms with Crippen LogP contribution in [0.4, 0.5) is 0 Å². The second kappa shape index (κ2) is 6.83. The van der Waals surface area contributed by atoms with Gasteiger partial charge in [0.25, 0.3) is 0 Å². The molecule has 0 aromatic heterocycles. The van der Waals surface area contributed by atoms with Crippen LogP contribution in [0.15, 0.2) is 42.5 Å². The average molecular weight is 324 g/mol. The van der Waals surface area contributed by atoms with Gasteiger partial charge in [-0.1, -0.05) is 35.9 Å². The molecule has 2 aromatic carbocycles. The summed E-state index contributed by atoms with van der Waals surface area (Å²) in [5, 5.41) is 0. The first-order valence-electron chi connectivity index (χ1n) is 8.65. The Balaban J connectivity index is 1.30. The zero-order valence-corrected chi connectivity index (χ0v) is 14.2. The second-order valence-corrected chi connectivity index (χ2v) is 6.73. The van der Waals surface area contributed by atoms with E-state index in [-0.39, 0.29) is 0 Å². The predicted molar refractivity (Wildman–Crippen MR) is 94.3 cm³/mol. The van der Waals surface area contributed by atoms with Crippen LogP contribution in [-0.2, 0) is 13.1 Å². The molecule has 126 valence electrons. The van der Waals surface area contributed by atoms with Crippen LogP contribution in [0, 0.1) is 6.92 Å². The van der Waals surface area contributed by atoms with Gasteiger partial charge in [0.05, 0.1) is 0 Å². The maximum Gasteiger partial charge on any atom is 0.231 e. The molecular formula is C20H24N2O2. The summed E-state index contributed by atoms with van der Waals surface area (Å²) in [4.78, 5) is 5.06. The van der Waals surface area contributed by atoms with Crippen molar-refractivity contribution in [1.82, 2.24) is 9.80 Å². The van der Waals surface area contributed by atoms with Crippen LogP contribution in [0.3, 0.4) is 0 Å². The molecule has 0 aliphatic carbocycles. The van der Waals surface area contributed by atoms with Crippen LogP contribution < -0.4 is 9.47 Å². The minimum atomic E-state index is 0.344. The van der Waals surface area contributed by atoms with E-state index >= 15 is 0 Å². The largest absolute Gasteiger partial charge is 0.454 e. The van der Waals surface area contributed by atoms with Crippen LogP contribution in [-0.4, -0.2) is 42.8 Å². The van der Waals surface area contributed by atoms with Crippen molar-refractivity contribution in [1.29, 1.82) is 0 Å². The third-order valence-corrected chi connectivity index (χ3v) is 4.80. The Morgan fingerprint density at radius 3 is 2.17 bits per heavy atom. The number of hydrogen-bond donors (Lipinski definition) is 0. The zero-order valence-electron chi connectivity index (χ0n) is 14.2. The Bertz CT molecular complexity index is 709. The van der Waals surface area contributed by atoms with Crippen molar-refractivity contribution in [2.75, 3.05) is 33.0 Å². The van der Waals surface area contributed by atoms with Crippen molar-refractivity contribution < 1.29 is 9.47 Å². The maximum atomic E-state index is 5.47.